The smallest absolute Gasteiger partial charge is 0.339 e. The van der Waals surface area contributed by atoms with Crippen LogP contribution in [0.4, 0.5) is 0 Å². The van der Waals surface area contributed by atoms with Crippen LogP contribution in [0.5, 0.6) is 5.75 Å². The van der Waals surface area contributed by atoms with Gasteiger partial charge in [-0.25, -0.2) is 4.79 Å². The average molecular weight is 301 g/mol. The highest BCUT2D eigenvalue weighted by Gasteiger charge is 2.31. The van der Waals surface area contributed by atoms with Crippen molar-refractivity contribution in [2.24, 2.45) is 0 Å². The van der Waals surface area contributed by atoms with E-state index in [1.807, 2.05) is 24.3 Å². The molecule has 1 saturated heterocycles. The number of hydrogen-bond acceptors (Lipinski definition) is 4. The van der Waals surface area contributed by atoms with E-state index in [1.165, 1.54) is 0 Å². The van der Waals surface area contributed by atoms with Gasteiger partial charge in [-0.2, -0.15) is 0 Å². The molecule has 2 aromatic rings. The van der Waals surface area contributed by atoms with Gasteiger partial charge in [0.25, 0.3) is 0 Å². The molecule has 0 aromatic heterocycles. The highest BCUT2D eigenvalue weighted by molar-refractivity contribution is 5.97. The predicted octanol–water partition coefficient (Wildman–Crippen LogP) is 1.73. The van der Waals surface area contributed by atoms with Crippen molar-refractivity contribution in [3.63, 3.8) is 0 Å². The lowest BCUT2D eigenvalue weighted by molar-refractivity contribution is -0.139. The fourth-order valence-corrected chi connectivity index (χ4v) is 2.64. The zero-order chi connectivity index (χ0) is 15.7. The molecule has 0 radical (unpaired) electrons. The molecule has 2 atom stereocenters. The lowest BCUT2D eigenvalue weighted by atomic mass is 10.1. The van der Waals surface area contributed by atoms with E-state index in [0.717, 1.165) is 10.8 Å². The van der Waals surface area contributed by atoms with Crippen LogP contribution in [0.15, 0.2) is 36.4 Å². The minimum absolute atomic E-state index is 0.0810. The van der Waals surface area contributed by atoms with Crippen LogP contribution in [0.1, 0.15) is 16.8 Å². The normalized spacial score (nSPS) is 20.9. The maximum atomic E-state index is 11.4. The van der Waals surface area contributed by atoms with E-state index in [9.17, 15) is 14.7 Å². The molecule has 0 spiro atoms. The Balaban J connectivity index is 1.91. The summed E-state index contributed by atoms with van der Waals surface area (Å²) in [6.07, 6.45) is -0.0540. The van der Waals surface area contributed by atoms with Gasteiger partial charge in [-0.1, -0.05) is 24.3 Å². The Morgan fingerprint density at radius 1 is 1.14 bits per heavy atom. The second kappa shape index (κ2) is 5.65. The minimum atomic E-state index is -1.07. The number of ether oxygens (including phenoxy) is 1. The van der Waals surface area contributed by atoms with Crippen LogP contribution in [0.2, 0.25) is 0 Å². The number of nitrogens with one attached hydrogen (secondary N) is 1. The van der Waals surface area contributed by atoms with Gasteiger partial charge in [-0.05, 0) is 22.9 Å². The Bertz CT molecular complexity index is 742. The molecule has 6 nitrogen and oxygen atoms in total. The first-order chi connectivity index (χ1) is 10.5. The van der Waals surface area contributed by atoms with Crippen molar-refractivity contribution < 1.29 is 24.5 Å². The maximum Gasteiger partial charge on any atom is 0.339 e. The summed E-state index contributed by atoms with van der Waals surface area (Å²) in [6.45, 7) is 0.378. The number of hydrogen-bond donors (Lipinski definition) is 3. The zero-order valence-corrected chi connectivity index (χ0v) is 11.7. The number of benzene rings is 2. The van der Waals surface area contributed by atoms with Crippen molar-refractivity contribution in [2.45, 2.75) is 18.6 Å². The van der Waals surface area contributed by atoms with Gasteiger partial charge in [-0.3, -0.25) is 4.79 Å². The first-order valence-electron chi connectivity index (χ1n) is 6.93. The molecule has 0 amide bonds. The standard InChI is InChI=1S/C16H15NO5/c18-15(19)12-5-9-3-1-2-4-10(9)6-14(12)22-11-7-13(16(20)21)17-8-11/h1-6,11,13,17H,7-8H2,(H,18,19)(H,20,21)/t11-,13+/m1/s1. The Labute approximate surface area is 126 Å². The highest BCUT2D eigenvalue weighted by atomic mass is 16.5. The lowest BCUT2D eigenvalue weighted by Crippen LogP contribution is -2.30. The molecule has 114 valence electrons. The fourth-order valence-electron chi connectivity index (χ4n) is 2.64. The summed E-state index contributed by atoms with van der Waals surface area (Å²) in [5.74, 6) is -1.73. The summed E-state index contributed by atoms with van der Waals surface area (Å²) >= 11 is 0. The van der Waals surface area contributed by atoms with Gasteiger partial charge in [0.15, 0.2) is 0 Å². The van der Waals surface area contributed by atoms with Crippen LogP contribution in [0.25, 0.3) is 10.8 Å². The van der Waals surface area contributed by atoms with Crippen molar-refractivity contribution in [3.8, 4) is 5.75 Å². The summed E-state index contributed by atoms with van der Waals surface area (Å²) in [7, 11) is 0. The van der Waals surface area contributed by atoms with E-state index in [1.54, 1.807) is 12.1 Å². The molecule has 3 rings (SSSR count). The van der Waals surface area contributed by atoms with Crippen molar-refractivity contribution >= 4 is 22.7 Å². The third-order valence-electron chi connectivity index (χ3n) is 3.76. The molecule has 0 unspecified atom stereocenters. The van der Waals surface area contributed by atoms with Gasteiger partial charge in [0.1, 0.15) is 23.5 Å². The number of carboxylic acid groups (broad SMARTS) is 2. The van der Waals surface area contributed by atoms with Gasteiger partial charge >= 0.3 is 11.9 Å². The molecule has 22 heavy (non-hydrogen) atoms. The SMILES string of the molecule is O=C(O)c1cc2ccccc2cc1O[C@H]1CN[C@H](C(=O)O)C1. The van der Waals surface area contributed by atoms with E-state index >= 15 is 0 Å². The number of carboxylic acids is 2. The number of rotatable bonds is 4. The van der Waals surface area contributed by atoms with Crippen LogP contribution in [0, 0.1) is 0 Å². The Morgan fingerprint density at radius 3 is 2.41 bits per heavy atom. The third kappa shape index (κ3) is 2.73. The molecule has 1 fully saturated rings. The maximum absolute atomic E-state index is 11.4. The van der Waals surface area contributed by atoms with E-state index in [-0.39, 0.29) is 17.4 Å². The molecule has 0 saturated carbocycles. The number of fused-ring (bicyclic) bond motifs is 1. The van der Waals surface area contributed by atoms with Gasteiger partial charge < -0.3 is 20.3 Å². The average Bonchev–Trinajstić information content (AvgIpc) is 2.95. The molecule has 6 heteroatoms. The van der Waals surface area contributed by atoms with Crippen LogP contribution in [-0.2, 0) is 4.79 Å². The Hall–Kier alpha value is -2.60. The second-order valence-corrected chi connectivity index (χ2v) is 5.28. The van der Waals surface area contributed by atoms with Gasteiger partial charge in [0.2, 0.25) is 0 Å². The molecular formula is C16H15NO5. The fraction of sp³-hybridized carbons (Fsp3) is 0.250. The first-order valence-corrected chi connectivity index (χ1v) is 6.93. The van der Waals surface area contributed by atoms with E-state index in [4.69, 9.17) is 9.84 Å². The zero-order valence-electron chi connectivity index (χ0n) is 11.7. The van der Waals surface area contributed by atoms with E-state index < -0.39 is 18.0 Å². The molecule has 0 aliphatic carbocycles. The van der Waals surface area contributed by atoms with Crippen LogP contribution < -0.4 is 10.1 Å². The van der Waals surface area contributed by atoms with Crippen LogP contribution >= 0.6 is 0 Å². The van der Waals surface area contributed by atoms with Crippen molar-refractivity contribution in [1.29, 1.82) is 0 Å². The molecule has 2 aromatic carbocycles. The van der Waals surface area contributed by atoms with Gasteiger partial charge in [-0.15, -0.1) is 0 Å². The lowest BCUT2D eigenvalue weighted by Gasteiger charge is -2.15. The summed E-state index contributed by atoms with van der Waals surface area (Å²) in [6, 6.07) is 10.0. The third-order valence-corrected chi connectivity index (χ3v) is 3.76. The van der Waals surface area contributed by atoms with Crippen molar-refractivity contribution in [1.82, 2.24) is 5.32 Å². The largest absolute Gasteiger partial charge is 0.488 e. The molecule has 1 heterocycles. The van der Waals surface area contributed by atoms with E-state index in [2.05, 4.69) is 5.32 Å². The number of aliphatic carboxylic acids is 1. The minimum Gasteiger partial charge on any atom is -0.488 e. The Kier molecular flexibility index (Phi) is 3.68. The summed E-state index contributed by atoms with van der Waals surface area (Å²) in [5.41, 5.74) is 0.0810. The van der Waals surface area contributed by atoms with E-state index in [0.29, 0.717) is 13.0 Å². The molecule has 3 N–H and O–H groups in total. The number of carbonyl (C=O) groups is 2. The van der Waals surface area contributed by atoms with Crippen molar-refractivity contribution in [2.75, 3.05) is 6.54 Å². The number of aromatic carboxylic acids is 1. The van der Waals surface area contributed by atoms with Crippen LogP contribution in [0.3, 0.4) is 0 Å². The summed E-state index contributed by atoms with van der Waals surface area (Å²) in [4.78, 5) is 22.4. The summed E-state index contributed by atoms with van der Waals surface area (Å²) in [5, 5.41) is 22.9. The van der Waals surface area contributed by atoms with Gasteiger partial charge in [0, 0.05) is 13.0 Å². The van der Waals surface area contributed by atoms with Crippen LogP contribution in [-0.4, -0.2) is 40.8 Å². The first kappa shape index (κ1) is 14.3. The molecule has 1 aliphatic heterocycles. The molecule has 1 aliphatic rings. The topological polar surface area (TPSA) is 95.9 Å². The highest BCUT2D eigenvalue weighted by Crippen LogP contribution is 2.28. The summed E-state index contributed by atoms with van der Waals surface area (Å²) < 4.78 is 5.75. The quantitative estimate of drug-likeness (QED) is 0.796. The molecular weight excluding hydrogens is 286 g/mol. The van der Waals surface area contributed by atoms with Gasteiger partial charge in [0.05, 0.1) is 0 Å². The monoisotopic (exact) mass is 301 g/mol. The Morgan fingerprint density at radius 2 is 1.82 bits per heavy atom. The predicted molar refractivity (Wildman–Crippen MR) is 79.4 cm³/mol. The van der Waals surface area contributed by atoms with Crippen molar-refractivity contribution in [3.05, 3.63) is 42.0 Å². The second-order valence-electron chi connectivity index (χ2n) is 5.28. The molecule has 0 bridgehead atoms.